The van der Waals surface area contributed by atoms with E-state index in [-0.39, 0.29) is 17.6 Å². The van der Waals surface area contributed by atoms with Crippen molar-refractivity contribution in [2.24, 2.45) is 5.92 Å². The SMILES string of the molecule is O=C1C(=O)N(Cc2ccccc2)C[C@H]1Cc1ccccc1. The van der Waals surface area contributed by atoms with Crippen molar-refractivity contribution in [1.82, 2.24) is 4.90 Å². The summed E-state index contributed by atoms with van der Waals surface area (Å²) in [4.78, 5) is 25.9. The molecule has 106 valence electrons. The molecule has 1 amide bonds. The molecule has 0 bridgehead atoms. The van der Waals surface area contributed by atoms with Crippen LogP contribution in [0.25, 0.3) is 0 Å². The minimum atomic E-state index is -0.347. The van der Waals surface area contributed by atoms with E-state index in [1.165, 1.54) is 0 Å². The number of hydrogen-bond donors (Lipinski definition) is 0. The number of carbonyl (C=O) groups excluding carboxylic acids is 2. The molecule has 1 saturated heterocycles. The van der Waals surface area contributed by atoms with Crippen molar-refractivity contribution in [3.63, 3.8) is 0 Å². The summed E-state index contributed by atoms with van der Waals surface area (Å²) in [7, 11) is 0. The highest BCUT2D eigenvalue weighted by Crippen LogP contribution is 2.21. The molecular formula is C18H17NO2. The fourth-order valence-electron chi connectivity index (χ4n) is 2.76. The molecule has 0 unspecified atom stereocenters. The van der Waals surface area contributed by atoms with Crippen LogP contribution in [0.5, 0.6) is 0 Å². The Bertz CT molecular complexity index is 579. The highest BCUT2D eigenvalue weighted by Gasteiger charge is 2.38. The Labute approximate surface area is 124 Å². The van der Waals surface area contributed by atoms with E-state index in [2.05, 4.69) is 0 Å². The smallest absolute Gasteiger partial charge is 0.290 e. The summed E-state index contributed by atoms with van der Waals surface area (Å²) in [6.45, 7) is 1.03. The van der Waals surface area contributed by atoms with Crippen LogP contribution in [0.15, 0.2) is 60.7 Å². The monoisotopic (exact) mass is 279 g/mol. The van der Waals surface area contributed by atoms with Crippen molar-refractivity contribution in [1.29, 1.82) is 0 Å². The van der Waals surface area contributed by atoms with Crippen LogP contribution >= 0.6 is 0 Å². The molecule has 0 N–H and O–H groups in total. The zero-order chi connectivity index (χ0) is 14.7. The number of amides is 1. The largest absolute Gasteiger partial charge is 0.331 e. The minimum Gasteiger partial charge on any atom is -0.331 e. The van der Waals surface area contributed by atoms with Gasteiger partial charge in [-0.15, -0.1) is 0 Å². The number of nitrogens with zero attached hydrogens (tertiary/aromatic N) is 1. The molecule has 0 saturated carbocycles. The minimum absolute atomic E-state index is 0.219. The van der Waals surface area contributed by atoms with Gasteiger partial charge in [-0.3, -0.25) is 9.59 Å². The lowest BCUT2D eigenvalue weighted by Crippen LogP contribution is -2.26. The highest BCUT2D eigenvalue weighted by molar-refractivity contribution is 6.38. The molecule has 1 aliphatic heterocycles. The Kier molecular flexibility index (Phi) is 3.82. The molecule has 21 heavy (non-hydrogen) atoms. The maximum absolute atomic E-state index is 12.1. The third-order valence-electron chi connectivity index (χ3n) is 3.85. The van der Waals surface area contributed by atoms with Crippen LogP contribution in [0.1, 0.15) is 11.1 Å². The van der Waals surface area contributed by atoms with Gasteiger partial charge >= 0.3 is 0 Å². The van der Waals surface area contributed by atoms with Crippen molar-refractivity contribution in [3.8, 4) is 0 Å². The third kappa shape index (κ3) is 3.02. The molecular weight excluding hydrogens is 262 g/mol. The summed E-state index contributed by atoms with van der Waals surface area (Å²) in [5.74, 6) is -0.821. The molecule has 2 aromatic rings. The van der Waals surface area contributed by atoms with Crippen LogP contribution in [0.2, 0.25) is 0 Å². The van der Waals surface area contributed by atoms with Gasteiger partial charge in [0.15, 0.2) is 0 Å². The van der Waals surface area contributed by atoms with E-state index in [4.69, 9.17) is 0 Å². The molecule has 1 aliphatic rings. The van der Waals surface area contributed by atoms with Gasteiger partial charge < -0.3 is 4.90 Å². The fourth-order valence-corrected chi connectivity index (χ4v) is 2.76. The number of ketones is 1. The Morgan fingerprint density at radius 1 is 0.857 bits per heavy atom. The molecule has 3 nitrogen and oxygen atoms in total. The normalized spacial score (nSPS) is 18.3. The fraction of sp³-hybridized carbons (Fsp3) is 0.222. The van der Waals surface area contributed by atoms with Gasteiger partial charge in [0, 0.05) is 19.0 Å². The Hall–Kier alpha value is -2.42. The summed E-state index contributed by atoms with van der Waals surface area (Å²) in [5.41, 5.74) is 2.16. The molecule has 3 rings (SSSR count). The van der Waals surface area contributed by atoms with E-state index in [0.29, 0.717) is 19.5 Å². The zero-order valence-electron chi connectivity index (χ0n) is 11.7. The highest BCUT2D eigenvalue weighted by atomic mass is 16.2. The number of Topliss-reactive ketones (excluding diaryl/α,β-unsaturated/α-hetero) is 1. The van der Waals surface area contributed by atoms with Crippen LogP contribution < -0.4 is 0 Å². The van der Waals surface area contributed by atoms with Crippen LogP contribution in [-0.4, -0.2) is 23.1 Å². The summed E-state index contributed by atoms with van der Waals surface area (Å²) in [6.07, 6.45) is 0.636. The van der Waals surface area contributed by atoms with E-state index >= 15 is 0 Å². The first-order valence-electron chi connectivity index (χ1n) is 7.15. The second-order valence-corrected chi connectivity index (χ2v) is 5.42. The second-order valence-electron chi connectivity index (χ2n) is 5.42. The molecule has 0 radical (unpaired) electrons. The lowest BCUT2D eigenvalue weighted by Gasteiger charge is -2.15. The first kappa shape index (κ1) is 13.6. The predicted molar refractivity (Wildman–Crippen MR) is 80.5 cm³/mol. The predicted octanol–water partition coefficient (Wildman–Crippen LogP) is 2.46. The molecule has 0 spiro atoms. The Morgan fingerprint density at radius 3 is 2.05 bits per heavy atom. The van der Waals surface area contributed by atoms with Gasteiger partial charge in [0.1, 0.15) is 0 Å². The molecule has 3 heteroatoms. The standard InChI is InChI=1S/C18H17NO2/c20-17-16(11-14-7-3-1-4-8-14)13-19(18(17)21)12-15-9-5-2-6-10-15/h1-10,16H,11-13H2/t16-/m1/s1. The van der Waals surface area contributed by atoms with E-state index in [9.17, 15) is 9.59 Å². The summed E-state index contributed by atoms with van der Waals surface area (Å²) in [6, 6.07) is 19.6. The quantitative estimate of drug-likeness (QED) is 0.806. The lowest BCUT2D eigenvalue weighted by atomic mass is 9.98. The number of carbonyl (C=O) groups is 2. The Balaban J connectivity index is 1.69. The molecule has 2 aromatic carbocycles. The average Bonchev–Trinajstić information content (AvgIpc) is 2.78. The van der Waals surface area contributed by atoms with Crippen molar-refractivity contribution < 1.29 is 9.59 Å². The van der Waals surface area contributed by atoms with Crippen LogP contribution in [0, 0.1) is 5.92 Å². The zero-order valence-corrected chi connectivity index (χ0v) is 11.7. The number of likely N-dealkylation sites (tertiary alicyclic amines) is 1. The topological polar surface area (TPSA) is 37.4 Å². The van der Waals surface area contributed by atoms with Crippen molar-refractivity contribution in [2.75, 3.05) is 6.54 Å². The van der Waals surface area contributed by atoms with E-state index in [1.54, 1.807) is 4.90 Å². The Morgan fingerprint density at radius 2 is 1.43 bits per heavy atom. The van der Waals surface area contributed by atoms with Gasteiger partial charge in [-0.05, 0) is 17.5 Å². The van der Waals surface area contributed by atoms with E-state index in [1.807, 2.05) is 60.7 Å². The van der Waals surface area contributed by atoms with Gasteiger partial charge in [-0.25, -0.2) is 0 Å². The molecule has 1 heterocycles. The first-order chi connectivity index (χ1) is 10.2. The maximum Gasteiger partial charge on any atom is 0.290 e. The van der Waals surface area contributed by atoms with Gasteiger partial charge in [-0.2, -0.15) is 0 Å². The molecule has 1 atom stereocenters. The van der Waals surface area contributed by atoms with Gasteiger partial charge in [0.2, 0.25) is 5.78 Å². The van der Waals surface area contributed by atoms with Crippen LogP contribution in [0.3, 0.4) is 0 Å². The third-order valence-corrected chi connectivity index (χ3v) is 3.85. The molecule has 0 aliphatic carbocycles. The van der Waals surface area contributed by atoms with Gasteiger partial charge in [-0.1, -0.05) is 60.7 Å². The number of rotatable bonds is 4. The van der Waals surface area contributed by atoms with Crippen molar-refractivity contribution >= 4 is 11.7 Å². The van der Waals surface area contributed by atoms with E-state index in [0.717, 1.165) is 11.1 Å². The molecule has 0 aromatic heterocycles. The summed E-state index contributed by atoms with van der Waals surface area (Å²) in [5, 5.41) is 0. The molecule has 1 fully saturated rings. The summed E-state index contributed by atoms with van der Waals surface area (Å²) < 4.78 is 0. The van der Waals surface area contributed by atoms with Crippen molar-refractivity contribution in [3.05, 3.63) is 71.8 Å². The van der Waals surface area contributed by atoms with E-state index < -0.39 is 0 Å². The van der Waals surface area contributed by atoms with Crippen LogP contribution in [0.4, 0.5) is 0 Å². The summed E-state index contributed by atoms with van der Waals surface area (Å²) >= 11 is 0. The first-order valence-corrected chi connectivity index (χ1v) is 7.15. The number of benzene rings is 2. The average molecular weight is 279 g/mol. The second kappa shape index (κ2) is 5.92. The van der Waals surface area contributed by atoms with Crippen molar-refractivity contribution in [2.45, 2.75) is 13.0 Å². The maximum atomic E-state index is 12.1. The number of hydrogen-bond acceptors (Lipinski definition) is 2. The lowest BCUT2D eigenvalue weighted by molar-refractivity contribution is -0.141. The van der Waals surface area contributed by atoms with Gasteiger partial charge in [0.25, 0.3) is 5.91 Å². The van der Waals surface area contributed by atoms with Crippen LogP contribution in [-0.2, 0) is 22.6 Å². The van der Waals surface area contributed by atoms with Gasteiger partial charge in [0.05, 0.1) is 0 Å².